The van der Waals surface area contributed by atoms with E-state index in [2.05, 4.69) is 20.8 Å². The summed E-state index contributed by atoms with van der Waals surface area (Å²) in [6.45, 7) is 6.89. The Hall–Kier alpha value is -2.41. The number of aromatic nitrogens is 3. The molecule has 0 atom stereocenters. The molecule has 7 nitrogen and oxygen atoms in total. The number of carbonyl (C=O) groups is 1. The fourth-order valence-electron chi connectivity index (χ4n) is 2.61. The fourth-order valence-corrected chi connectivity index (χ4v) is 2.61. The highest BCUT2D eigenvalue weighted by Gasteiger charge is 2.26. The van der Waals surface area contributed by atoms with Gasteiger partial charge in [0.25, 0.3) is 0 Å². The molecule has 1 aliphatic rings. The molecule has 134 valence electrons. The number of benzene rings is 1. The van der Waals surface area contributed by atoms with Gasteiger partial charge >= 0.3 is 6.03 Å². The van der Waals surface area contributed by atoms with Gasteiger partial charge < -0.3 is 19.9 Å². The molecule has 3 rings (SSSR count). The highest BCUT2D eigenvalue weighted by Crippen LogP contribution is 2.35. The third kappa shape index (κ3) is 4.57. The Kier molecular flexibility index (Phi) is 5.33. The average Bonchev–Trinajstić information content (AvgIpc) is 3.32. The molecule has 7 heteroatoms. The first-order valence-corrected chi connectivity index (χ1v) is 8.68. The number of amides is 2. The third-order valence-corrected chi connectivity index (χ3v) is 4.26. The summed E-state index contributed by atoms with van der Waals surface area (Å²) >= 11 is 0. The predicted octanol–water partition coefficient (Wildman–Crippen LogP) is 3.17. The Morgan fingerprint density at radius 3 is 2.92 bits per heavy atom. The molecule has 0 saturated heterocycles. The lowest BCUT2D eigenvalue weighted by Crippen LogP contribution is -2.29. The van der Waals surface area contributed by atoms with Crippen molar-refractivity contribution in [3.05, 3.63) is 41.5 Å². The van der Waals surface area contributed by atoms with Crippen LogP contribution in [0.4, 0.5) is 10.5 Å². The van der Waals surface area contributed by atoms with Crippen LogP contribution >= 0.6 is 0 Å². The second kappa shape index (κ2) is 7.65. The first-order valence-electron chi connectivity index (χ1n) is 8.68. The minimum absolute atomic E-state index is 0.170. The van der Waals surface area contributed by atoms with Crippen LogP contribution in [0.15, 0.2) is 24.5 Å². The number of anilines is 1. The minimum Gasteiger partial charge on any atom is -0.374 e. The van der Waals surface area contributed by atoms with E-state index < -0.39 is 0 Å². The lowest BCUT2D eigenvalue weighted by atomic mass is 10.1. The van der Waals surface area contributed by atoms with Gasteiger partial charge in [-0.15, -0.1) is 10.2 Å². The first kappa shape index (κ1) is 17.4. The molecule has 2 amide bonds. The Morgan fingerprint density at radius 1 is 1.40 bits per heavy atom. The summed E-state index contributed by atoms with van der Waals surface area (Å²) in [5.74, 6) is 0.786. The number of rotatable bonds is 7. The predicted molar refractivity (Wildman–Crippen MR) is 95.3 cm³/mol. The lowest BCUT2D eigenvalue weighted by molar-refractivity contribution is 0.0654. The number of carbonyl (C=O) groups excluding carboxylic acids is 1. The monoisotopic (exact) mass is 343 g/mol. The van der Waals surface area contributed by atoms with Gasteiger partial charge in [-0.25, -0.2) is 4.79 Å². The molecule has 1 aromatic carbocycles. The van der Waals surface area contributed by atoms with E-state index in [0.29, 0.717) is 19.2 Å². The van der Waals surface area contributed by atoms with Gasteiger partial charge in [-0.05, 0) is 50.8 Å². The molecule has 1 heterocycles. The SMILES string of the molecule is Cc1c(COC(C)C)cccc1NC(=O)NCc1nncn1C1CC1. The molecule has 1 aliphatic carbocycles. The molecule has 0 unspecified atom stereocenters. The molecule has 0 bridgehead atoms. The van der Waals surface area contributed by atoms with Crippen molar-refractivity contribution in [2.75, 3.05) is 5.32 Å². The maximum absolute atomic E-state index is 12.2. The van der Waals surface area contributed by atoms with Crippen molar-refractivity contribution in [1.82, 2.24) is 20.1 Å². The van der Waals surface area contributed by atoms with Crippen LogP contribution < -0.4 is 10.6 Å². The maximum atomic E-state index is 12.2. The smallest absolute Gasteiger partial charge is 0.319 e. The molecule has 2 N–H and O–H groups in total. The summed E-state index contributed by atoms with van der Waals surface area (Å²) in [4.78, 5) is 12.2. The number of ether oxygens (including phenoxy) is 1. The van der Waals surface area contributed by atoms with Gasteiger partial charge in [0, 0.05) is 11.7 Å². The Balaban J connectivity index is 1.57. The number of hydrogen-bond acceptors (Lipinski definition) is 4. The van der Waals surface area contributed by atoms with Crippen LogP contribution in [0.2, 0.25) is 0 Å². The summed E-state index contributed by atoms with van der Waals surface area (Å²) < 4.78 is 7.70. The molecular weight excluding hydrogens is 318 g/mol. The summed E-state index contributed by atoms with van der Waals surface area (Å²) in [5, 5.41) is 13.8. The van der Waals surface area contributed by atoms with Crippen LogP contribution in [0, 0.1) is 6.92 Å². The largest absolute Gasteiger partial charge is 0.374 e. The zero-order valence-corrected chi connectivity index (χ0v) is 15.0. The van der Waals surface area contributed by atoms with Gasteiger partial charge in [0.1, 0.15) is 6.33 Å². The molecule has 0 radical (unpaired) electrons. The summed E-state index contributed by atoms with van der Waals surface area (Å²) in [5.41, 5.74) is 2.87. The zero-order chi connectivity index (χ0) is 17.8. The van der Waals surface area contributed by atoms with Gasteiger partial charge in [-0.3, -0.25) is 0 Å². The first-order chi connectivity index (χ1) is 12.0. The van der Waals surface area contributed by atoms with Crippen molar-refractivity contribution < 1.29 is 9.53 Å². The van der Waals surface area contributed by atoms with Gasteiger partial charge in [0.15, 0.2) is 5.82 Å². The second-order valence-corrected chi connectivity index (χ2v) is 6.64. The number of nitrogens with one attached hydrogen (secondary N) is 2. The molecule has 25 heavy (non-hydrogen) atoms. The van der Waals surface area contributed by atoms with E-state index in [1.807, 2.05) is 43.5 Å². The molecule has 2 aromatic rings. The van der Waals surface area contributed by atoms with Crippen LogP contribution in [-0.2, 0) is 17.9 Å². The Labute approximate surface area is 147 Å². The highest BCUT2D eigenvalue weighted by molar-refractivity contribution is 5.90. The van der Waals surface area contributed by atoms with E-state index in [-0.39, 0.29) is 12.1 Å². The Morgan fingerprint density at radius 2 is 2.20 bits per heavy atom. The van der Waals surface area contributed by atoms with Crippen LogP contribution in [0.3, 0.4) is 0 Å². The Bertz CT molecular complexity index is 737. The highest BCUT2D eigenvalue weighted by atomic mass is 16.5. The van der Waals surface area contributed by atoms with Crippen molar-refractivity contribution in [2.45, 2.75) is 58.9 Å². The van der Waals surface area contributed by atoms with Crippen LogP contribution in [-0.4, -0.2) is 26.9 Å². The maximum Gasteiger partial charge on any atom is 0.319 e. The van der Waals surface area contributed by atoms with E-state index in [1.165, 1.54) is 0 Å². The van der Waals surface area contributed by atoms with Crippen LogP contribution in [0.1, 0.15) is 49.7 Å². The standard InChI is InChI=1S/C18H25N5O2/c1-12(2)25-10-14-5-4-6-16(13(14)3)21-18(24)19-9-17-22-20-11-23(17)15-7-8-15/h4-6,11-12,15H,7-10H2,1-3H3,(H2,19,21,24). The molecule has 1 fully saturated rings. The summed E-state index contributed by atoms with van der Waals surface area (Å²) in [6, 6.07) is 6.07. The van der Waals surface area contributed by atoms with E-state index in [4.69, 9.17) is 4.74 Å². The van der Waals surface area contributed by atoms with E-state index in [9.17, 15) is 4.79 Å². The third-order valence-electron chi connectivity index (χ3n) is 4.26. The topological polar surface area (TPSA) is 81.1 Å². The summed E-state index contributed by atoms with van der Waals surface area (Å²) in [7, 11) is 0. The minimum atomic E-state index is -0.254. The van der Waals surface area contributed by atoms with Crippen molar-refractivity contribution in [3.63, 3.8) is 0 Å². The van der Waals surface area contributed by atoms with Gasteiger partial charge in [0.2, 0.25) is 0 Å². The second-order valence-electron chi connectivity index (χ2n) is 6.64. The van der Waals surface area contributed by atoms with E-state index >= 15 is 0 Å². The van der Waals surface area contributed by atoms with Crippen molar-refractivity contribution in [1.29, 1.82) is 0 Å². The van der Waals surface area contributed by atoms with Crippen molar-refractivity contribution in [3.8, 4) is 0 Å². The summed E-state index contributed by atoms with van der Waals surface area (Å²) in [6.07, 6.45) is 4.21. The fraction of sp³-hybridized carbons (Fsp3) is 0.500. The number of nitrogens with zero attached hydrogens (tertiary/aromatic N) is 3. The zero-order valence-electron chi connectivity index (χ0n) is 15.0. The molecule has 0 spiro atoms. The van der Waals surface area contributed by atoms with Gasteiger partial charge in [-0.1, -0.05) is 12.1 Å². The van der Waals surface area contributed by atoms with E-state index in [0.717, 1.165) is 35.5 Å². The van der Waals surface area contributed by atoms with Crippen LogP contribution in [0.5, 0.6) is 0 Å². The number of urea groups is 1. The van der Waals surface area contributed by atoms with E-state index in [1.54, 1.807) is 6.33 Å². The molecular formula is C18H25N5O2. The molecule has 1 aromatic heterocycles. The van der Waals surface area contributed by atoms with Gasteiger partial charge in [-0.2, -0.15) is 0 Å². The van der Waals surface area contributed by atoms with Crippen molar-refractivity contribution in [2.24, 2.45) is 0 Å². The molecule has 1 saturated carbocycles. The van der Waals surface area contributed by atoms with Crippen molar-refractivity contribution >= 4 is 11.7 Å². The quantitative estimate of drug-likeness (QED) is 0.809. The average molecular weight is 343 g/mol. The molecule has 0 aliphatic heterocycles. The lowest BCUT2D eigenvalue weighted by Gasteiger charge is -2.14. The van der Waals surface area contributed by atoms with Crippen LogP contribution in [0.25, 0.3) is 0 Å². The number of hydrogen-bond donors (Lipinski definition) is 2. The van der Waals surface area contributed by atoms with Gasteiger partial charge in [0.05, 0.1) is 19.3 Å². The normalized spacial score (nSPS) is 13.9.